The lowest BCUT2D eigenvalue weighted by Gasteiger charge is -2.17. The molecule has 0 saturated carbocycles. The van der Waals surface area contributed by atoms with Gasteiger partial charge in [0.05, 0.1) is 10.8 Å². The number of aromatic nitrogens is 1. The van der Waals surface area contributed by atoms with Gasteiger partial charge in [-0.2, -0.15) is 4.57 Å². The van der Waals surface area contributed by atoms with E-state index in [-0.39, 0.29) is 17.0 Å². The average molecular weight is 420 g/mol. The number of hydrogen-bond donors (Lipinski definition) is 0. The van der Waals surface area contributed by atoms with E-state index in [2.05, 4.69) is 94.8 Å². The third-order valence-electron chi connectivity index (χ3n) is 5.53. The van der Waals surface area contributed by atoms with Crippen molar-refractivity contribution < 1.29 is 21.5 Å². The van der Waals surface area contributed by atoms with Crippen molar-refractivity contribution in [2.75, 3.05) is 0 Å². The third kappa shape index (κ3) is 3.06. The van der Waals surface area contributed by atoms with Gasteiger partial charge in [0.2, 0.25) is 11.0 Å². The number of rotatable bonds is 1. The van der Waals surface area contributed by atoms with Crippen molar-refractivity contribution in [1.82, 2.24) is 0 Å². The zero-order valence-corrected chi connectivity index (χ0v) is 18.5. The molecule has 0 unspecified atom stereocenters. The first-order valence-electron chi connectivity index (χ1n) is 9.28. The molecule has 138 valence electrons. The molecular formula is C25H26BrN. The van der Waals surface area contributed by atoms with E-state index in [1.54, 1.807) is 0 Å². The number of halogens is 1. The normalized spacial score (nSPS) is 11.0. The van der Waals surface area contributed by atoms with Crippen molar-refractivity contribution in [2.45, 2.75) is 34.6 Å². The maximum Gasteiger partial charge on any atom is 0.213 e. The summed E-state index contributed by atoms with van der Waals surface area (Å²) < 4.78 is 2.34. The van der Waals surface area contributed by atoms with E-state index in [0.717, 1.165) is 0 Å². The maximum absolute atomic E-state index is 2.34. The second-order valence-electron chi connectivity index (χ2n) is 7.70. The highest BCUT2D eigenvalue weighted by Crippen LogP contribution is 2.39. The molecule has 2 heteroatoms. The summed E-state index contributed by atoms with van der Waals surface area (Å²) in [7, 11) is 2.18. The van der Waals surface area contributed by atoms with Crippen molar-refractivity contribution in [2.24, 2.45) is 7.05 Å². The number of benzene rings is 3. The molecular weight excluding hydrogens is 394 g/mol. The van der Waals surface area contributed by atoms with E-state index < -0.39 is 0 Å². The first kappa shape index (κ1) is 19.6. The molecule has 0 saturated heterocycles. The minimum Gasteiger partial charge on any atom is -1.00 e. The van der Waals surface area contributed by atoms with Gasteiger partial charge in [0.25, 0.3) is 0 Å². The molecule has 1 nitrogen and oxygen atoms in total. The number of aryl methyl sites for hydroxylation is 6. The van der Waals surface area contributed by atoms with E-state index in [1.807, 2.05) is 0 Å². The smallest absolute Gasteiger partial charge is 0.213 e. The summed E-state index contributed by atoms with van der Waals surface area (Å²) in [5.74, 6) is 0. The van der Waals surface area contributed by atoms with Gasteiger partial charge in [-0.15, -0.1) is 0 Å². The molecule has 0 amide bonds. The lowest BCUT2D eigenvalue weighted by molar-refractivity contribution is -0.617. The van der Waals surface area contributed by atoms with Crippen LogP contribution in [0.25, 0.3) is 32.9 Å². The fourth-order valence-corrected chi connectivity index (χ4v) is 4.61. The predicted molar refractivity (Wildman–Crippen MR) is 112 cm³/mol. The number of fused-ring (bicyclic) bond motifs is 2. The molecule has 27 heavy (non-hydrogen) atoms. The Morgan fingerprint density at radius 1 is 0.630 bits per heavy atom. The highest BCUT2D eigenvalue weighted by molar-refractivity contribution is 6.09. The first-order chi connectivity index (χ1) is 12.4. The van der Waals surface area contributed by atoms with Crippen LogP contribution in [0.3, 0.4) is 0 Å². The molecule has 0 radical (unpaired) electrons. The number of hydrogen-bond acceptors (Lipinski definition) is 0. The summed E-state index contributed by atoms with van der Waals surface area (Å²) in [6.45, 7) is 11.1. The van der Waals surface area contributed by atoms with Gasteiger partial charge in [0.1, 0.15) is 7.05 Å². The van der Waals surface area contributed by atoms with Gasteiger partial charge in [-0.05, 0) is 68.5 Å². The van der Waals surface area contributed by atoms with Gasteiger partial charge in [0, 0.05) is 17.7 Å². The van der Waals surface area contributed by atoms with Gasteiger partial charge < -0.3 is 17.0 Å². The van der Waals surface area contributed by atoms with Crippen LogP contribution in [0, 0.1) is 34.6 Å². The predicted octanol–water partition coefficient (Wildman–Crippen LogP) is 3.03. The topological polar surface area (TPSA) is 3.88 Å². The van der Waals surface area contributed by atoms with Crippen LogP contribution in [0.5, 0.6) is 0 Å². The summed E-state index contributed by atoms with van der Waals surface area (Å²) in [6.07, 6.45) is 0. The van der Waals surface area contributed by atoms with Crippen LogP contribution >= 0.6 is 0 Å². The summed E-state index contributed by atoms with van der Waals surface area (Å²) in [5.41, 5.74) is 12.0. The Kier molecular flexibility index (Phi) is 5.14. The monoisotopic (exact) mass is 419 g/mol. The van der Waals surface area contributed by atoms with E-state index in [0.29, 0.717) is 0 Å². The SMILES string of the molecule is Cc1cc(C)c(-c2c3ccccc3[n+](C)c3cc(C)cc(C)c23)c(C)c1.[Br-]. The maximum atomic E-state index is 2.34. The standard InChI is InChI=1S/C25H26N.BrH/c1-15-11-17(3)23(18(4)12-15)25-20-9-7-8-10-21(20)26(6)22-14-16(2)13-19(5)24(22)25;/h7-14H,1-6H3;1H/q+1;/p-1. The van der Waals surface area contributed by atoms with Gasteiger partial charge in [-0.1, -0.05) is 35.9 Å². The molecule has 0 N–H and O–H groups in total. The Labute approximate surface area is 172 Å². The molecule has 3 aromatic carbocycles. The van der Waals surface area contributed by atoms with Crippen molar-refractivity contribution in [1.29, 1.82) is 0 Å². The molecule has 0 atom stereocenters. The quantitative estimate of drug-likeness (QED) is 0.329. The molecule has 0 aliphatic carbocycles. The summed E-state index contributed by atoms with van der Waals surface area (Å²) in [5, 5.41) is 2.69. The zero-order chi connectivity index (χ0) is 18.6. The van der Waals surface area contributed by atoms with Crippen LogP contribution < -0.4 is 21.5 Å². The zero-order valence-electron chi connectivity index (χ0n) is 16.9. The molecule has 0 aliphatic rings. The molecule has 4 aromatic rings. The van der Waals surface area contributed by atoms with Crippen LogP contribution in [0.15, 0.2) is 48.5 Å². The Morgan fingerprint density at radius 2 is 1.19 bits per heavy atom. The van der Waals surface area contributed by atoms with Crippen molar-refractivity contribution in [3.05, 3.63) is 76.3 Å². The fraction of sp³-hybridized carbons (Fsp3) is 0.240. The van der Waals surface area contributed by atoms with Gasteiger partial charge >= 0.3 is 0 Å². The fourth-order valence-electron chi connectivity index (χ4n) is 4.61. The lowest BCUT2D eigenvalue weighted by Crippen LogP contribution is -3.00. The highest BCUT2D eigenvalue weighted by Gasteiger charge is 2.22. The molecule has 0 fully saturated rings. The van der Waals surface area contributed by atoms with Gasteiger partial charge in [-0.25, -0.2) is 0 Å². The van der Waals surface area contributed by atoms with Crippen LogP contribution in [0.1, 0.15) is 27.8 Å². The summed E-state index contributed by atoms with van der Waals surface area (Å²) in [4.78, 5) is 0. The van der Waals surface area contributed by atoms with E-state index in [9.17, 15) is 0 Å². The third-order valence-corrected chi connectivity index (χ3v) is 5.53. The second kappa shape index (κ2) is 7.09. The van der Waals surface area contributed by atoms with Crippen LogP contribution in [0.2, 0.25) is 0 Å². The summed E-state index contributed by atoms with van der Waals surface area (Å²) >= 11 is 0. The van der Waals surface area contributed by atoms with E-state index >= 15 is 0 Å². The Balaban J connectivity index is 0.00000210. The van der Waals surface area contributed by atoms with E-state index in [4.69, 9.17) is 0 Å². The van der Waals surface area contributed by atoms with Gasteiger partial charge in [0.15, 0.2) is 0 Å². The minimum absolute atomic E-state index is 0. The molecule has 1 aromatic heterocycles. The molecule has 4 rings (SSSR count). The molecule has 0 spiro atoms. The Bertz CT molecular complexity index is 1170. The van der Waals surface area contributed by atoms with Crippen LogP contribution in [-0.4, -0.2) is 0 Å². The number of pyridine rings is 1. The second-order valence-corrected chi connectivity index (χ2v) is 7.70. The Hall–Kier alpha value is -2.19. The Morgan fingerprint density at radius 3 is 1.85 bits per heavy atom. The number of para-hydroxylation sites is 1. The van der Waals surface area contributed by atoms with Crippen LogP contribution in [0.4, 0.5) is 0 Å². The largest absolute Gasteiger partial charge is 1.00 e. The van der Waals surface area contributed by atoms with Crippen molar-refractivity contribution >= 4 is 21.8 Å². The van der Waals surface area contributed by atoms with Crippen LogP contribution in [-0.2, 0) is 7.05 Å². The molecule has 1 heterocycles. The van der Waals surface area contributed by atoms with Crippen molar-refractivity contribution in [3.8, 4) is 11.1 Å². The lowest BCUT2D eigenvalue weighted by atomic mass is 9.87. The molecule has 0 aliphatic heterocycles. The first-order valence-corrected chi connectivity index (χ1v) is 9.28. The average Bonchev–Trinajstić information content (AvgIpc) is 2.57. The summed E-state index contributed by atoms with van der Waals surface area (Å²) in [6, 6.07) is 18.0. The molecule has 0 bridgehead atoms. The van der Waals surface area contributed by atoms with Gasteiger partial charge in [-0.3, -0.25) is 0 Å². The minimum atomic E-state index is 0. The highest BCUT2D eigenvalue weighted by atomic mass is 79.9. The van der Waals surface area contributed by atoms with Crippen molar-refractivity contribution in [3.63, 3.8) is 0 Å². The van der Waals surface area contributed by atoms with E-state index in [1.165, 1.54) is 60.8 Å². The number of nitrogens with zero attached hydrogens (tertiary/aromatic N) is 1.